The van der Waals surface area contributed by atoms with E-state index in [1.54, 1.807) is 24.3 Å². The van der Waals surface area contributed by atoms with Gasteiger partial charge in [-0.25, -0.2) is 4.79 Å². The van der Waals surface area contributed by atoms with Gasteiger partial charge in [0.2, 0.25) is 0 Å². The molecule has 0 bridgehead atoms. The van der Waals surface area contributed by atoms with Gasteiger partial charge in [0.05, 0.1) is 13.0 Å². The first-order valence-corrected chi connectivity index (χ1v) is 5.37. The van der Waals surface area contributed by atoms with Crippen molar-refractivity contribution in [1.82, 2.24) is 10.6 Å². The van der Waals surface area contributed by atoms with Crippen LogP contribution >= 0.6 is 0 Å². The molecule has 1 aromatic rings. The lowest BCUT2D eigenvalue weighted by atomic mass is 10.0. The molecule has 0 aliphatic carbocycles. The number of carboxylic acid groups (broad SMARTS) is 1. The van der Waals surface area contributed by atoms with E-state index in [9.17, 15) is 9.59 Å². The van der Waals surface area contributed by atoms with Crippen molar-refractivity contribution in [1.29, 1.82) is 0 Å². The average Bonchev–Trinajstić information content (AvgIpc) is 2.34. The van der Waals surface area contributed by atoms with Gasteiger partial charge in [-0.15, -0.1) is 6.42 Å². The largest absolute Gasteiger partial charge is 0.481 e. The summed E-state index contributed by atoms with van der Waals surface area (Å²) in [5.41, 5.74) is 1.46. The van der Waals surface area contributed by atoms with E-state index in [0.717, 1.165) is 5.56 Å². The number of hydrogen-bond donors (Lipinski definition) is 3. The number of aliphatic carboxylic acids is 1. The van der Waals surface area contributed by atoms with Crippen molar-refractivity contribution in [3.8, 4) is 12.3 Å². The Labute approximate surface area is 105 Å². The van der Waals surface area contributed by atoms with Crippen molar-refractivity contribution in [2.45, 2.75) is 13.0 Å². The Kier molecular flexibility index (Phi) is 5.26. The van der Waals surface area contributed by atoms with Crippen molar-refractivity contribution in [2.75, 3.05) is 6.54 Å². The lowest BCUT2D eigenvalue weighted by Gasteiger charge is -2.09. The summed E-state index contributed by atoms with van der Waals surface area (Å²) in [6, 6.07) is 6.68. The molecule has 0 saturated heterocycles. The van der Waals surface area contributed by atoms with Crippen molar-refractivity contribution < 1.29 is 14.7 Å². The number of hydrogen-bond acceptors (Lipinski definition) is 2. The average molecular weight is 246 g/mol. The molecule has 0 aliphatic heterocycles. The fraction of sp³-hybridized carbons (Fsp3) is 0.231. The van der Waals surface area contributed by atoms with Crippen molar-refractivity contribution in [2.24, 2.45) is 0 Å². The summed E-state index contributed by atoms with van der Waals surface area (Å²) in [6.07, 6.45) is 4.94. The van der Waals surface area contributed by atoms with Crippen LogP contribution in [0.1, 0.15) is 11.1 Å². The van der Waals surface area contributed by atoms with Gasteiger partial charge < -0.3 is 15.7 Å². The standard InChI is InChI=1S/C13H14N2O3/c1-2-7-14-13(18)15-9-11-6-4-3-5-10(11)8-12(16)17/h1,3-6H,7-9H2,(H,16,17)(H2,14,15,18). The summed E-state index contributed by atoms with van der Waals surface area (Å²) < 4.78 is 0. The Hall–Kier alpha value is -2.48. The number of benzene rings is 1. The highest BCUT2D eigenvalue weighted by atomic mass is 16.4. The number of rotatable bonds is 5. The van der Waals surface area contributed by atoms with E-state index >= 15 is 0 Å². The van der Waals surface area contributed by atoms with Crippen LogP contribution in [-0.2, 0) is 17.8 Å². The first kappa shape index (κ1) is 13.6. The van der Waals surface area contributed by atoms with Gasteiger partial charge in [-0.2, -0.15) is 0 Å². The number of urea groups is 1. The third-order valence-electron chi connectivity index (χ3n) is 2.25. The molecular weight excluding hydrogens is 232 g/mol. The normalized spacial score (nSPS) is 9.28. The second-order valence-electron chi connectivity index (χ2n) is 3.58. The molecule has 1 aromatic carbocycles. The minimum Gasteiger partial charge on any atom is -0.481 e. The highest BCUT2D eigenvalue weighted by molar-refractivity contribution is 5.74. The smallest absolute Gasteiger partial charge is 0.315 e. The molecule has 0 radical (unpaired) electrons. The molecule has 5 heteroatoms. The van der Waals surface area contributed by atoms with Gasteiger partial charge in [0, 0.05) is 6.54 Å². The molecule has 0 fully saturated rings. The van der Waals surface area contributed by atoms with Gasteiger partial charge in [-0.3, -0.25) is 4.79 Å². The predicted molar refractivity (Wildman–Crippen MR) is 66.9 cm³/mol. The van der Waals surface area contributed by atoms with Crippen molar-refractivity contribution >= 4 is 12.0 Å². The minimum atomic E-state index is -0.903. The third kappa shape index (κ3) is 4.58. The maximum Gasteiger partial charge on any atom is 0.315 e. The Morgan fingerprint density at radius 3 is 2.50 bits per heavy atom. The van der Waals surface area contributed by atoms with E-state index in [-0.39, 0.29) is 25.5 Å². The fourth-order valence-electron chi connectivity index (χ4n) is 1.43. The van der Waals surface area contributed by atoms with E-state index in [4.69, 9.17) is 11.5 Å². The Bertz CT molecular complexity index is 477. The van der Waals surface area contributed by atoms with Crippen LogP contribution in [0, 0.1) is 12.3 Å². The first-order valence-electron chi connectivity index (χ1n) is 5.37. The van der Waals surface area contributed by atoms with Crippen LogP contribution in [0.25, 0.3) is 0 Å². The Morgan fingerprint density at radius 2 is 1.89 bits per heavy atom. The summed E-state index contributed by atoms with van der Waals surface area (Å²) in [7, 11) is 0. The molecule has 0 unspecified atom stereocenters. The Balaban J connectivity index is 2.59. The zero-order chi connectivity index (χ0) is 13.4. The number of carbonyl (C=O) groups excluding carboxylic acids is 1. The SMILES string of the molecule is C#CCNC(=O)NCc1ccccc1CC(=O)O. The molecular formula is C13H14N2O3. The number of carboxylic acids is 1. The second kappa shape index (κ2) is 6.97. The monoisotopic (exact) mass is 246 g/mol. The van der Waals surface area contributed by atoms with Crippen LogP contribution < -0.4 is 10.6 Å². The van der Waals surface area contributed by atoms with E-state index in [0.29, 0.717) is 5.56 Å². The van der Waals surface area contributed by atoms with Gasteiger partial charge in [0.1, 0.15) is 0 Å². The summed E-state index contributed by atoms with van der Waals surface area (Å²) in [5.74, 6) is 1.38. The fourth-order valence-corrected chi connectivity index (χ4v) is 1.43. The maximum atomic E-state index is 11.3. The van der Waals surface area contributed by atoms with Crippen LogP contribution in [0.5, 0.6) is 0 Å². The van der Waals surface area contributed by atoms with E-state index in [2.05, 4.69) is 16.6 Å². The molecule has 0 aliphatic rings. The summed E-state index contributed by atoms with van der Waals surface area (Å²) in [6.45, 7) is 0.419. The lowest BCUT2D eigenvalue weighted by molar-refractivity contribution is -0.136. The molecule has 94 valence electrons. The molecule has 3 N–H and O–H groups in total. The molecule has 0 heterocycles. The maximum absolute atomic E-state index is 11.3. The van der Waals surface area contributed by atoms with E-state index in [1.165, 1.54) is 0 Å². The predicted octanol–water partition coefficient (Wildman–Crippen LogP) is 0.746. The molecule has 0 saturated carbocycles. The van der Waals surface area contributed by atoms with Crippen LogP contribution in [0.4, 0.5) is 4.79 Å². The van der Waals surface area contributed by atoms with Crippen LogP contribution in [0.15, 0.2) is 24.3 Å². The zero-order valence-electron chi connectivity index (χ0n) is 9.77. The molecule has 2 amide bonds. The van der Waals surface area contributed by atoms with Crippen LogP contribution in [0.3, 0.4) is 0 Å². The highest BCUT2D eigenvalue weighted by Crippen LogP contribution is 2.09. The zero-order valence-corrected chi connectivity index (χ0v) is 9.77. The molecule has 5 nitrogen and oxygen atoms in total. The van der Waals surface area contributed by atoms with Crippen molar-refractivity contribution in [3.05, 3.63) is 35.4 Å². The quantitative estimate of drug-likeness (QED) is 0.671. The van der Waals surface area contributed by atoms with E-state index in [1.807, 2.05) is 0 Å². The topological polar surface area (TPSA) is 78.4 Å². The third-order valence-corrected chi connectivity index (χ3v) is 2.25. The summed E-state index contributed by atoms with van der Waals surface area (Å²) >= 11 is 0. The summed E-state index contributed by atoms with van der Waals surface area (Å²) in [5, 5.41) is 13.8. The first-order chi connectivity index (χ1) is 8.63. The lowest BCUT2D eigenvalue weighted by Crippen LogP contribution is -2.35. The number of terminal acetylenes is 1. The summed E-state index contributed by atoms with van der Waals surface area (Å²) in [4.78, 5) is 22.0. The number of carbonyl (C=O) groups is 2. The van der Waals surface area contributed by atoms with Crippen LogP contribution in [0.2, 0.25) is 0 Å². The minimum absolute atomic E-state index is 0.0656. The molecule has 0 aromatic heterocycles. The highest BCUT2D eigenvalue weighted by Gasteiger charge is 2.07. The molecule has 0 spiro atoms. The van der Waals surface area contributed by atoms with Crippen LogP contribution in [-0.4, -0.2) is 23.7 Å². The Morgan fingerprint density at radius 1 is 1.22 bits per heavy atom. The van der Waals surface area contributed by atoms with Gasteiger partial charge in [-0.1, -0.05) is 30.2 Å². The second-order valence-corrected chi connectivity index (χ2v) is 3.58. The molecule has 0 atom stereocenters. The van der Waals surface area contributed by atoms with Gasteiger partial charge in [-0.05, 0) is 11.1 Å². The number of nitrogens with one attached hydrogen (secondary N) is 2. The van der Waals surface area contributed by atoms with Crippen molar-refractivity contribution in [3.63, 3.8) is 0 Å². The molecule has 18 heavy (non-hydrogen) atoms. The van der Waals surface area contributed by atoms with Gasteiger partial charge in [0.15, 0.2) is 0 Å². The number of amides is 2. The van der Waals surface area contributed by atoms with Gasteiger partial charge >= 0.3 is 12.0 Å². The van der Waals surface area contributed by atoms with Gasteiger partial charge in [0.25, 0.3) is 0 Å². The van der Waals surface area contributed by atoms with E-state index < -0.39 is 5.97 Å². The molecule has 1 rings (SSSR count).